The van der Waals surface area contributed by atoms with E-state index in [-0.39, 0.29) is 5.91 Å². The largest absolute Gasteiger partial charge is 0.346 e. The van der Waals surface area contributed by atoms with E-state index < -0.39 is 0 Å². The fraction of sp³-hybridized carbons (Fsp3) is 0.471. The van der Waals surface area contributed by atoms with Crippen LogP contribution in [0.25, 0.3) is 0 Å². The summed E-state index contributed by atoms with van der Waals surface area (Å²) in [6.07, 6.45) is 5.57. The van der Waals surface area contributed by atoms with Crippen LogP contribution in [0.1, 0.15) is 35.3 Å². The quantitative estimate of drug-likeness (QED) is 0.871. The topological polar surface area (TPSA) is 63.1 Å². The minimum absolute atomic E-state index is 0.237. The second kappa shape index (κ2) is 8.26. The van der Waals surface area contributed by atoms with Gasteiger partial charge in [0.2, 0.25) is 0 Å². The third-order valence-corrected chi connectivity index (χ3v) is 4.63. The van der Waals surface area contributed by atoms with E-state index in [2.05, 4.69) is 20.5 Å². The Bertz CT molecular complexity index is 681. The predicted molar refractivity (Wildman–Crippen MR) is 92.9 cm³/mol. The summed E-state index contributed by atoms with van der Waals surface area (Å²) in [5, 5.41) is 11.5. The summed E-state index contributed by atoms with van der Waals surface area (Å²) in [6, 6.07) is 7.45. The molecule has 1 amide bonds. The molecule has 24 heavy (non-hydrogen) atoms. The van der Waals surface area contributed by atoms with Crippen molar-refractivity contribution in [3.8, 4) is 0 Å². The van der Waals surface area contributed by atoms with E-state index in [4.69, 9.17) is 11.6 Å². The highest BCUT2D eigenvalue weighted by atomic mass is 35.5. The number of likely N-dealkylation sites (tertiary alicyclic amines) is 1. The highest BCUT2D eigenvalue weighted by Gasteiger charge is 2.13. The fourth-order valence-corrected chi connectivity index (χ4v) is 3.05. The van der Waals surface area contributed by atoms with Crippen molar-refractivity contribution in [3.05, 3.63) is 46.7 Å². The van der Waals surface area contributed by atoms with Crippen LogP contribution in [0.2, 0.25) is 5.02 Å². The number of carbonyl (C=O) groups excluding carboxylic acids is 1. The molecule has 1 aromatic carbocycles. The minimum atomic E-state index is -0.237. The zero-order chi connectivity index (χ0) is 16.8. The first-order valence-corrected chi connectivity index (χ1v) is 8.74. The highest BCUT2D eigenvalue weighted by molar-refractivity contribution is 6.31. The van der Waals surface area contributed by atoms with E-state index in [1.54, 1.807) is 16.9 Å². The lowest BCUT2D eigenvalue weighted by Crippen LogP contribution is -2.32. The SMILES string of the molecule is O=C(NCc1ccccc1Cl)c1cn(CCN2CCCCC2)nn1. The van der Waals surface area contributed by atoms with Gasteiger partial charge in [-0.15, -0.1) is 5.10 Å². The maximum absolute atomic E-state index is 12.2. The van der Waals surface area contributed by atoms with Gasteiger partial charge < -0.3 is 10.2 Å². The lowest BCUT2D eigenvalue weighted by Gasteiger charge is -2.25. The maximum atomic E-state index is 12.2. The molecule has 7 heteroatoms. The molecular formula is C17H22ClN5O. The molecule has 3 rings (SSSR count). The number of nitrogens with zero attached hydrogens (tertiary/aromatic N) is 4. The number of rotatable bonds is 6. The van der Waals surface area contributed by atoms with Gasteiger partial charge in [-0.3, -0.25) is 9.48 Å². The van der Waals surface area contributed by atoms with Crippen LogP contribution in [-0.4, -0.2) is 45.4 Å². The van der Waals surface area contributed by atoms with Crippen molar-refractivity contribution >= 4 is 17.5 Å². The molecule has 0 unspecified atom stereocenters. The molecule has 1 aromatic heterocycles. The Balaban J connectivity index is 1.49. The molecule has 0 spiro atoms. The van der Waals surface area contributed by atoms with Crippen LogP contribution >= 0.6 is 11.6 Å². The van der Waals surface area contributed by atoms with Gasteiger partial charge in [0.05, 0.1) is 12.7 Å². The monoisotopic (exact) mass is 347 g/mol. The van der Waals surface area contributed by atoms with Crippen molar-refractivity contribution < 1.29 is 4.79 Å². The summed E-state index contributed by atoms with van der Waals surface area (Å²) in [5.41, 5.74) is 1.21. The van der Waals surface area contributed by atoms with Crippen LogP contribution in [-0.2, 0) is 13.1 Å². The maximum Gasteiger partial charge on any atom is 0.273 e. The number of hydrogen-bond donors (Lipinski definition) is 1. The molecule has 1 fully saturated rings. The Morgan fingerprint density at radius 1 is 1.17 bits per heavy atom. The molecule has 1 N–H and O–H groups in total. The Kier molecular flexibility index (Phi) is 5.82. The number of aromatic nitrogens is 3. The number of carbonyl (C=O) groups is 1. The lowest BCUT2D eigenvalue weighted by molar-refractivity contribution is 0.0946. The van der Waals surface area contributed by atoms with E-state index >= 15 is 0 Å². The predicted octanol–water partition coefficient (Wildman–Crippen LogP) is 2.35. The van der Waals surface area contributed by atoms with Crippen LogP contribution in [0.5, 0.6) is 0 Å². The summed E-state index contributed by atoms with van der Waals surface area (Å²) >= 11 is 6.08. The summed E-state index contributed by atoms with van der Waals surface area (Å²) in [6.45, 7) is 4.38. The lowest BCUT2D eigenvalue weighted by atomic mass is 10.1. The third kappa shape index (κ3) is 4.55. The van der Waals surface area contributed by atoms with Gasteiger partial charge in [0, 0.05) is 18.1 Å². The smallest absolute Gasteiger partial charge is 0.273 e. The van der Waals surface area contributed by atoms with Crippen LogP contribution in [0.3, 0.4) is 0 Å². The van der Waals surface area contributed by atoms with E-state index in [1.165, 1.54) is 19.3 Å². The van der Waals surface area contributed by atoms with Crippen molar-refractivity contribution in [1.82, 2.24) is 25.2 Å². The second-order valence-corrected chi connectivity index (χ2v) is 6.45. The van der Waals surface area contributed by atoms with E-state index in [0.717, 1.165) is 31.7 Å². The first-order chi connectivity index (χ1) is 11.7. The summed E-state index contributed by atoms with van der Waals surface area (Å²) < 4.78 is 1.74. The third-order valence-electron chi connectivity index (χ3n) is 4.26. The first kappa shape index (κ1) is 16.9. The van der Waals surface area contributed by atoms with Crippen LogP contribution in [0, 0.1) is 0 Å². The van der Waals surface area contributed by atoms with Crippen LogP contribution < -0.4 is 5.32 Å². The molecule has 1 aliphatic heterocycles. The highest BCUT2D eigenvalue weighted by Crippen LogP contribution is 2.14. The van der Waals surface area contributed by atoms with E-state index in [9.17, 15) is 4.79 Å². The molecule has 2 aromatic rings. The van der Waals surface area contributed by atoms with Gasteiger partial charge in [0.1, 0.15) is 0 Å². The zero-order valence-corrected chi connectivity index (χ0v) is 14.4. The number of nitrogens with one attached hydrogen (secondary N) is 1. The summed E-state index contributed by atoms with van der Waals surface area (Å²) in [4.78, 5) is 14.6. The van der Waals surface area contributed by atoms with Gasteiger partial charge in [-0.2, -0.15) is 0 Å². The average Bonchev–Trinajstić information content (AvgIpc) is 3.09. The normalized spacial score (nSPS) is 15.4. The number of benzene rings is 1. The van der Waals surface area contributed by atoms with Gasteiger partial charge >= 0.3 is 0 Å². The van der Waals surface area contributed by atoms with E-state index in [0.29, 0.717) is 17.3 Å². The Morgan fingerprint density at radius 2 is 1.96 bits per heavy atom. The zero-order valence-electron chi connectivity index (χ0n) is 13.6. The summed E-state index contributed by atoms with van der Waals surface area (Å²) in [7, 11) is 0. The van der Waals surface area contributed by atoms with Crippen LogP contribution in [0.4, 0.5) is 0 Å². The van der Waals surface area contributed by atoms with Crippen molar-refractivity contribution in [3.63, 3.8) is 0 Å². The van der Waals surface area contributed by atoms with Gasteiger partial charge in [0.15, 0.2) is 5.69 Å². The standard InChI is InChI=1S/C17H22ClN5O/c18-15-7-3-2-6-14(15)12-19-17(24)16-13-23(21-20-16)11-10-22-8-4-1-5-9-22/h2-3,6-7,13H,1,4-5,8-12H2,(H,19,24). The van der Waals surface area contributed by atoms with Gasteiger partial charge in [-0.25, -0.2) is 0 Å². The first-order valence-electron chi connectivity index (χ1n) is 8.36. The number of hydrogen-bond acceptors (Lipinski definition) is 4. The van der Waals surface area contributed by atoms with Gasteiger partial charge in [-0.05, 0) is 37.6 Å². The molecular weight excluding hydrogens is 326 g/mol. The van der Waals surface area contributed by atoms with Crippen molar-refractivity contribution in [2.24, 2.45) is 0 Å². The Labute approximate surface area is 146 Å². The molecule has 0 aliphatic carbocycles. The molecule has 0 atom stereocenters. The molecule has 1 aliphatic rings. The molecule has 0 radical (unpaired) electrons. The van der Waals surface area contributed by atoms with Crippen molar-refractivity contribution in [2.75, 3.05) is 19.6 Å². The second-order valence-electron chi connectivity index (χ2n) is 6.04. The average molecular weight is 348 g/mol. The molecule has 6 nitrogen and oxygen atoms in total. The molecule has 128 valence electrons. The Hall–Kier alpha value is -1.92. The van der Waals surface area contributed by atoms with E-state index in [1.807, 2.05) is 18.2 Å². The summed E-state index contributed by atoms with van der Waals surface area (Å²) in [5.74, 6) is -0.237. The Morgan fingerprint density at radius 3 is 2.75 bits per heavy atom. The van der Waals surface area contributed by atoms with Gasteiger partial charge in [-0.1, -0.05) is 41.4 Å². The minimum Gasteiger partial charge on any atom is -0.346 e. The molecule has 1 saturated heterocycles. The van der Waals surface area contributed by atoms with Crippen molar-refractivity contribution in [2.45, 2.75) is 32.4 Å². The van der Waals surface area contributed by atoms with Gasteiger partial charge in [0.25, 0.3) is 5.91 Å². The molecule has 0 saturated carbocycles. The molecule has 0 bridgehead atoms. The number of halogens is 1. The number of piperidine rings is 1. The number of amides is 1. The molecule has 2 heterocycles. The van der Waals surface area contributed by atoms with Crippen LogP contribution in [0.15, 0.2) is 30.5 Å². The fourth-order valence-electron chi connectivity index (χ4n) is 2.85. The van der Waals surface area contributed by atoms with Crippen molar-refractivity contribution in [1.29, 1.82) is 0 Å².